The van der Waals surface area contributed by atoms with Crippen LogP contribution in [-0.2, 0) is 4.79 Å². The van der Waals surface area contributed by atoms with Gasteiger partial charge in [-0.25, -0.2) is 0 Å². The number of benzene rings is 2. The Labute approximate surface area is 137 Å². The maximum absolute atomic E-state index is 12.1. The highest BCUT2D eigenvalue weighted by atomic mass is 16.5. The highest BCUT2D eigenvalue weighted by Crippen LogP contribution is 2.22. The Morgan fingerprint density at radius 2 is 1.83 bits per heavy atom. The minimum absolute atomic E-state index is 0.0734. The predicted octanol–water partition coefficient (Wildman–Crippen LogP) is 3.68. The van der Waals surface area contributed by atoms with Crippen LogP contribution in [0.2, 0.25) is 0 Å². The number of carbonyl (C=O) groups is 1. The third-order valence-corrected chi connectivity index (χ3v) is 3.65. The zero-order valence-electron chi connectivity index (χ0n) is 14.0. The number of amides is 1. The van der Waals surface area contributed by atoms with Crippen molar-refractivity contribution in [3.05, 3.63) is 58.7 Å². The van der Waals surface area contributed by atoms with E-state index in [0.717, 1.165) is 22.4 Å². The molecule has 0 aliphatic rings. The Kier molecular flexibility index (Phi) is 5.40. The average molecular weight is 313 g/mol. The van der Waals surface area contributed by atoms with Crippen molar-refractivity contribution in [2.45, 2.75) is 33.8 Å². The lowest BCUT2D eigenvalue weighted by Crippen LogP contribution is -2.21. The van der Waals surface area contributed by atoms with Crippen molar-refractivity contribution in [3.63, 3.8) is 0 Å². The number of aliphatic hydroxyl groups is 1. The molecule has 1 amide bonds. The second-order valence-corrected chi connectivity index (χ2v) is 5.86. The summed E-state index contributed by atoms with van der Waals surface area (Å²) in [4.78, 5) is 12.1. The Hall–Kier alpha value is -2.33. The topological polar surface area (TPSA) is 58.6 Å². The molecule has 1 atom stereocenters. The van der Waals surface area contributed by atoms with Crippen LogP contribution >= 0.6 is 0 Å². The Bertz CT molecular complexity index is 685. The van der Waals surface area contributed by atoms with Crippen LogP contribution in [0.1, 0.15) is 35.3 Å². The Morgan fingerprint density at radius 1 is 1.17 bits per heavy atom. The molecule has 4 heteroatoms. The third-order valence-electron chi connectivity index (χ3n) is 3.65. The summed E-state index contributed by atoms with van der Waals surface area (Å²) in [5.41, 5.74) is 4.83. The molecule has 2 aromatic rings. The smallest absolute Gasteiger partial charge is 0.262 e. The van der Waals surface area contributed by atoms with Crippen molar-refractivity contribution in [1.29, 1.82) is 0 Å². The number of aliphatic hydroxyl groups excluding tert-OH is 1. The number of anilines is 1. The molecule has 2 N–H and O–H groups in total. The number of aryl methyl sites for hydroxylation is 3. The summed E-state index contributed by atoms with van der Waals surface area (Å²) < 4.78 is 5.51. The summed E-state index contributed by atoms with van der Waals surface area (Å²) in [5, 5.41) is 12.5. The molecule has 2 rings (SSSR count). The first kappa shape index (κ1) is 17.0. The van der Waals surface area contributed by atoms with E-state index in [0.29, 0.717) is 5.75 Å². The fraction of sp³-hybridized carbons (Fsp3) is 0.316. The number of nitrogens with one attached hydrogen (secondary N) is 1. The van der Waals surface area contributed by atoms with Gasteiger partial charge in [-0.15, -0.1) is 0 Å². The molecular formula is C19H23NO3. The first-order valence-electron chi connectivity index (χ1n) is 7.65. The summed E-state index contributed by atoms with van der Waals surface area (Å²) >= 11 is 0. The van der Waals surface area contributed by atoms with Crippen molar-refractivity contribution in [3.8, 4) is 5.75 Å². The number of rotatable bonds is 5. The number of ether oxygens (including phenoxy) is 1. The van der Waals surface area contributed by atoms with Crippen LogP contribution in [0.3, 0.4) is 0 Å². The maximum atomic E-state index is 12.1. The summed E-state index contributed by atoms with van der Waals surface area (Å²) in [6.45, 7) is 7.60. The van der Waals surface area contributed by atoms with Crippen molar-refractivity contribution >= 4 is 11.6 Å². The van der Waals surface area contributed by atoms with Gasteiger partial charge in [0.05, 0.1) is 6.10 Å². The standard InChI is InChI=1S/C19H23NO3/c1-12-8-13(2)19(14(3)9-12)20-18(22)11-23-17-7-5-6-16(10-17)15(4)21/h5-10,15,21H,11H2,1-4H3,(H,20,22). The zero-order valence-corrected chi connectivity index (χ0v) is 14.0. The van der Waals surface area contributed by atoms with E-state index in [2.05, 4.69) is 5.32 Å². The van der Waals surface area contributed by atoms with Gasteiger partial charge in [0.25, 0.3) is 5.91 Å². The zero-order chi connectivity index (χ0) is 17.0. The van der Waals surface area contributed by atoms with E-state index in [1.165, 1.54) is 5.56 Å². The average Bonchev–Trinajstić information content (AvgIpc) is 2.49. The molecule has 4 nitrogen and oxygen atoms in total. The fourth-order valence-electron chi connectivity index (χ4n) is 2.57. The van der Waals surface area contributed by atoms with E-state index < -0.39 is 6.10 Å². The molecule has 0 aliphatic carbocycles. The van der Waals surface area contributed by atoms with E-state index in [1.807, 2.05) is 39.0 Å². The largest absolute Gasteiger partial charge is 0.484 e. The lowest BCUT2D eigenvalue weighted by atomic mass is 10.1. The number of hydrogen-bond donors (Lipinski definition) is 2. The first-order valence-corrected chi connectivity index (χ1v) is 7.65. The molecule has 0 fully saturated rings. The highest BCUT2D eigenvalue weighted by Gasteiger charge is 2.09. The van der Waals surface area contributed by atoms with Crippen molar-refractivity contribution < 1.29 is 14.6 Å². The lowest BCUT2D eigenvalue weighted by Gasteiger charge is -2.14. The highest BCUT2D eigenvalue weighted by molar-refractivity contribution is 5.93. The summed E-state index contributed by atoms with van der Waals surface area (Å²) in [7, 11) is 0. The molecule has 1 unspecified atom stereocenters. The van der Waals surface area contributed by atoms with Gasteiger partial charge in [0.2, 0.25) is 0 Å². The number of carbonyl (C=O) groups excluding carboxylic acids is 1. The number of hydrogen-bond acceptors (Lipinski definition) is 3. The van der Waals surface area contributed by atoms with Crippen molar-refractivity contribution in [2.75, 3.05) is 11.9 Å². The summed E-state index contributed by atoms with van der Waals surface area (Å²) in [6, 6.07) is 11.2. The Balaban J connectivity index is 2.00. The van der Waals surface area contributed by atoms with Gasteiger partial charge in [-0.1, -0.05) is 29.8 Å². The Morgan fingerprint density at radius 3 is 2.43 bits per heavy atom. The van der Waals surface area contributed by atoms with Gasteiger partial charge in [-0.2, -0.15) is 0 Å². The molecule has 0 aromatic heterocycles. The minimum Gasteiger partial charge on any atom is -0.484 e. The SMILES string of the molecule is Cc1cc(C)c(NC(=O)COc2cccc(C(C)O)c2)c(C)c1. The maximum Gasteiger partial charge on any atom is 0.262 e. The van der Waals surface area contributed by atoms with Gasteiger partial charge in [0, 0.05) is 5.69 Å². The predicted molar refractivity (Wildman–Crippen MR) is 91.9 cm³/mol. The van der Waals surface area contributed by atoms with Gasteiger partial charge in [-0.3, -0.25) is 4.79 Å². The molecule has 0 aliphatic heterocycles. The summed E-state index contributed by atoms with van der Waals surface area (Å²) in [5.74, 6) is 0.360. The van der Waals surface area contributed by atoms with Gasteiger partial charge >= 0.3 is 0 Å². The third kappa shape index (κ3) is 4.57. The van der Waals surface area contributed by atoms with Crippen LogP contribution < -0.4 is 10.1 Å². The second kappa shape index (κ2) is 7.29. The molecule has 0 radical (unpaired) electrons. The van der Waals surface area contributed by atoms with Crippen LogP contribution in [0.25, 0.3) is 0 Å². The molecule has 0 bridgehead atoms. The van der Waals surface area contributed by atoms with Gasteiger partial charge in [0.15, 0.2) is 6.61 Å². The van der Waals surface area contributed by atoms with Crippen LogP contribution in [-0.4, -0.2) is 17.6 Å². The molecule has 23 heavy (non-hydrogen) atoms. The molecule has 122 valence electrons. The van der Waals surface area contributed by atoms with Crippen LogP contribution in [0.5, 0.6) is 5.75 Å². The monoisotopic (exact) mass is 313 g/mol. The van der Waals surface area contributed by atoms with Crippen molar-refractivity contribution in [2.24, 2.45) is 0 Å². The van der Waals surface area contributed by atoms with Crippen LogP contribution in [0.15, 0.2) is 36.4 Å². The minimum atomic E-state index is -0.565. The molecule has 0 saturated heterocycles. The summed E-state index contributed by atoms with van der Waals surface area (Å²) in [6.07, 6.45) is -0.565. The fourth-order valence-corrected chi connectivity index (χ4v) is 2.57. The molecule has 0 saturated carbocycles. The second-order valence-electron chi connectivity index (χ2n) is 5.86. The normalized spacial score (nSPS) is 11.9. The first-order chi connectivity index (χ1) is 10.9. The molecule has 0 heterocycles. The van der Waals surface area contributed by atoms with Crippen LogP contribution in [0.4, 0.5) is 5.69 Å². The molecule has 2 aromatic carbocycles. The molecule has 0 spiro atoms. The van der Waals surface area contributed by atoms with Gasteiger partial charge in [0.1, 0.15) is 5.75 Å². The van der Waals surface area contributed by atoms with Crippen LogP contribution in [0, 0.1) is 20.8 Å². The van der Waals surface area contributed by atoms with E-state index >= 15 is 0 Å². The van der Waals surface area contributed by atoms with Gasteiger partial charge < -0.3 is 15.2 Å². The van der Waals surface area contributed by atoms with Crippen molar-refractivity contribution in [1.82, 2.24) is 0 Å². The lowest BCUT2D eigenvalue weighted by molar-refractivity contribution is -0.118. The quantitative estimate of drug-likeness (QED) is 0.885. The van der Waals surface area contributed by atoms with Gasteiger partial charge in [-0.05, 0) is 56.5 Å². The van der Waals surface area contributed by atoms with E-state index in [-0.39, 0.29) is 12.5 Å². The van der Waals surface area contributed by atoms with E-state index in [9.17, 15) is 9.90 Å². The molecular weight excluding hydrogens is 290 g/mol. The van der Waals surface area contributed by atoms with E-state index in [1.54, 1.807) is 25.1 Å². The van der Waals surface area contributed by atoms with E-state index in [4.69, 9.17) is 4.74 Å².